The van der Waals surface area contributed by atoms with Gasteiger partial charge in [0.15, 0.2) is 0 Å². The van der Waals surface area contributed by atoms with E-state index in [2.05, 4.69) is 31.0 Å². The van der Waals surface area contributed by atoms with Crippen LogP contribution in [0.2, 0.25) is 0 Å². The van der Waals surface area contributed by atoms with Crippen LogP contribution in [0.25, 0.3) is 0 Å². The lowest BCUT2D eigenvalue weighted by Crippen LogP contribution is -2.14. The summed E-state index contributed by atoms with van der Waals surface area (Å²) in [6, 6.07) is 0. The minimum absolute atomic E-state index is 0.0376. The maximum absolute atomic E-state index is 4.08. The molecule has 0 radical (unpaired) electrons. The molecule has 1 heterocycles. The SMILES string of the molecule is CC1=C(C)C(C)(C)N=N1. The van der Waals surface area contributed by atoms with Gasteiger partial charge in [0.25, 0.3) is 0 Å². The number of nitrogens with zero attached hydrogens (tertiary/aromatic N) is 2. The molecule has 0 amide bonds. The first-order valence-electron chi connectivity index (χ1n) is 3.15. The van der Waals surface area contributed by atoms with Crippen molar-refractivity contribution in [2.45, 2.75) is 33.2 Å². The van der Waals surface area contributed by atoms with Gasteiger partial charge in [0.1, 0.15) is 0 Å². The molecule has 50 valence electrons. The van der Waals surface area contributed by atoms with Crippen LogP contribution in [0, 0.1) is 0 Å². The molecule has 0 aliphatic carbocycles. The van der Waals surface area contributed by atoms with Gasteiger partial charge < -0.3 is 0 Å². The third-order valence-corrected chi connectivity index (χ3v) is 1.91. The normalized spacial score (nSPS) is 23.6. The molecule has 2 nitrogen and oxygen atoms in total. The fourth-order valence-electron chi connectivity index (χ4n) is 0.793. The number of rotatable bonds is 0. The molecular weight excluding hydrogens is 112 g/mol. The second-order valence-electron chi connectivity index (χ2n) is 2.97. The third-order valence-electron chi connectivity index (χ3n) is 1.91. The van der Waals surface area contributed by atoms with Gasteiger partial charge >= 0.3 is 0 Å². The zero-order valence-corrected chi connectivity index (χ0v) is 6.39. The van der Waals surface area contributed by atoms with Gasteiger partial charge in [-0.25, -0.2) is 0 Å². The summed E-state index contributed by atoms with van der Waals surface area (Å²) in [5, 5.41) is 8.06. The zero-order valence-electron chi connectivity index (χ0n) is 6.39. The van der Waals surface area contributed by atoms with E-state index in [0.29, 0.717) is 0 Å². The summed E-state index contributed by atoms with van der Waals surface area (Å²) in [6.07, 6.45) is 0. The van der Waals surface area contributed by atoms with E-state index in [9.17, 15) is 0 Å². The lowest BCUT2D eigenvalue weighted by atomic mass is 9.97. The van der Waals surface area contributed by atoms with E-state index in [0.717, 1.165) is 5.70 Å². The quantitative estimate of drug-likeness (QED) is 0.474. The highest BCUT2D eigenvalue weighted by atomic mass is 15.2. The maximum atomic E-state index is 4.08. The molecule has 0 aromatic heterocycles. The van der Waals surface area contributed by atoms with Crippen molar-refractivity contribution >= 4 is 0 Å². The van der Waals surface area contributed by atoms with Gasteiger partial charge in [0.2, 0.25) is 0 Å². The van der Waals surface area contributed by atoms with Crippen molar-refractivity contribution in [3.63, 3.8) is 0 Å². The summed E-state index contributed by atoms with van der Waals surface area (Å²) >= 11 is 0. The van der Waals surface area contributed by atoms with Crippen LogP contribution >= 0.6 is 0 Å². The summed E-state index contributed by atoms with van der Waals surface area (Å²) in [5.74, 6) is 0. The Balaban J connectivity index is 3.01. The highest BCUT2D eigenvalue weighted by Gasteiger charge is 2.25. The smallest absolute Gasteiger partial charge is 0.0991 e. The molecule has 0 saturated carbocycles. The van der Waals surface area contributed by atoms with E-state index in [-0.39, 0.29) is 5.54 Å². The molecular formula is C7H12N2. The monoisotopic (exact) mass is 124 g/mol. The van der Waals surface area contributed by atoms with E-state index in [1.807, 2.05) is 6.92 Å². The number of hydrogen-bond donors (Lipinski definition) is 0. The lowest BCUT2D eigenvalue weighted by molar-refractivity contribution is 0.609. The van der Waals surface area contributed by atoms with Crippen LogP contribution in [-0.2, 0) is 0 Å². The Labute approximate surface area is 55.7 Å². The van der Waals surface area contributed by atoms with E-state index in [4.69, 9.17) is 0 Å². The van der Waals surface area contributed by atoms with E-state index < -0.39 is 0 Å². The van der Waals surface area contributed by atoms with Gasteiger partial charge in [-0.05, 0) is 33.3 Å². The van der Waals surface area contributed by atoms with E-state index in [1.165, 1.54) is 5.57 Å². The molecule has 2 heteroatoms. The zero-order chi connectivity index (χ0) is 7.07. The maximum Gasteiger partial charge on any atom is 0.0991 e. The van der Waals surface area contributed by atoms with Gasteiger partial charge in [-0.15, -0.1) is 0 Å². The molecule has 1 aliphatic heterocycles. The molecule has 1 rings (SSSR count). The Hall–Kier alpha value is -0.660. The first kappa shape index (κ1) is 6.46. The van der Waals surface area contributed by atoms with Crippen LogP contribution in [0.4, 0.5) is 0 Å². The number of hydrogen-bond acceptors (Lipinski definition) is 2. The van der Waals surface area contributed by atoms with Crippen LogP contribution in [0.3, 0.4) is 0 Å². The molecule has 9 heavy (non-hydrogen) atoms. The van der Waals surface area contributed by atoms with Crippen molar-refractivity contribution in [3.05, 3.63) is 11.3 Å². The molecule has 0 fully saturated rings. The van der Waals surface area contributed by atoms with Gasteiger partial charge in [0.05, 0.1) is 11.2 Å². The van der Waals surface area contributed by atoms with Crippen molar-refractivity contribution in [1.29, 1.82) is 0 Å². The predicted molar refractivity (Wildman–Crippen MR) is 37.3 cm³/mol. The molecule has 1 aliphatic rings. The number of azo groups is 1. The van der Waals surface area contributed by atoms with Crippen LogP contribution < -0.4 is 0 Å². The standard InChI is InChI=1S/C7H12N2/c1-5-6(2)8-9-7(5,3)4/h1-4H3. The van der Waals surface area contributed by atoms with Crippen molar-refractivity contribution in [2.24, 2.45) is 10.2 Å². The Morgan fingerprint density at radius 3 is 1.89 bits per heavy atom. The van der Waals surface area contributed by atoms with Crippen molar-refractivity contribution in [1.82, 2.24) is 0 Å². The highest BCUT2D eigenvalue weighted by molar-refractivity contribution is 5.23. The first-order valence-corrected chi connectivity index (χ1v) is 3.15. The largest absolute Gasteiger partial charge is 0.178 e. The van der Waals surface area contributed by atoms with E-state index in [1.54, 1.807) is 0 Å². The molecule has 0 atom stereocenters. The molecule has 0 N–H and O–H groups in total. The molecule has 0 aromatic carbocycles. The van der Waals surface area contributed by atoms with Crippen LogP contribution in [0.1, 0.15) is 27.7 Å². The summed E-state index contributed by atoms with van der Waals surface area (Å²) in [6.45, 7) is 8.22. The molecule has 0 aromatic rings. The Morgan fingerprint density at radius 2 is 1.78 bits per heavy atom. The predicted octanol–water partition coefficient (Wildman–Crippen LogP) is 2.52. The summed E-state index contributed by atoms with van der Waals surface area (Å²) in [5.41, 5.74) is 2.31. The molecule has 0 saturated heterocycles. The molecule has 0 spiro atoms. The van der Waals surface area contributed by atoms with Crippen molar-refractivity contribution in [2.75, 3.05) is 0 Å². The Kier molecular flexibility index (Phi) is 1.19. The van der Waals surface area contributed by atoms with Gasteiger partial charge in [-0.2, -0.15) is 10.2 Å². The molecule has 0 unspecified atom stereocenters. The topological polar surface area (TPSA) is 24.7 Å². The van der Waals surface area contributed by atoms with Crippen LogP contribution in [0.5, 0.6) is 0 Å². The van der Waals surface area contributed by atoms with Crippen LogP contribution in [0.15, 0.2) is 21.5 Å². The number of allylic oxidation sites excluding steroid dienone is 1. The fourth-order valence-corrected chi connectivity index (χ4v) is 0.793. The van der Waals surface area contributed by atoms with Gasteiger partial charge in [0, 0.05) is 0 Å². The van der Waals surface area contributed by atoms with Crippen molar-refractivity contribution in [3.8, 4) is 0 Å². The minimum atomic E-state index is -0.0376. The third kappa shape index (κ3) is 0.889. The Morgan fingerprint density at radius 1 is 1.22 bits per heavy atom. The summed E-state index contributed by atoms with van der Waals surface area (Å²) in [7, 11) is 0. The Bertz CT molecular complexity index is 187. The summed E-state index contributed by atoms with van der Waals surface area (Å²) < 4.78 is 0. The minimum Gasteiger partial charge on any atom is -0.178 e. The average molecular weight is 124 g/mol. The second-order valence-corrected chi connectivity index (χ2v) is 2.97. The summed E-state index contributed by atoms with van der Waals surface area (Å²) in [4.78, 5) is 0. The van der Waals surface area contributed by atoms with Crippen molar-refractivity contribution < 1.29 is 0 Å². The average Bonchev–Trinajstić information content (AvgIpc) is 1.97. The fraction of sp³-hybridized carbons (Fsp3) is 0.714. The van der Waals surface area contributed by atoms with Gasteiger partial charge in [-0.1, -0.05) is 0 Å². The lowest BCUT2D eigenvalue weighted by Gasteiger charge is -2.12. The van der Waals surface area contributed by atoms with Gasteiger partial charge in [-0.3, -0.25) is 0 Å². The van der Waals surface area contributed by atoms with Crippen LogP contribution in [-0.4, -0.2) is 5.54 Å². The van der Waals surface area contributed by atoms with E-state index >= 15 is 0 Å². The highest BCUT2D eigenvalue weighted by Crippen LogP contribution is 2.30. The second kappa shape index (κ2) is 1.66. The first-order chi connectivity index (χ1) is 4.04. The molecule has 0 bridgehead atoms.